The molecule has 1 heterocycles. The number of hydrogen-bond donors (Lipinski definition) is 2. The molecule has 0 radical (unpaired) electrons. The number of phenolic OH excluding ortho intramolecular Hbond substituents is 1. The van der Waals surface area contributed by atoms with Gasteiger partial charge < -0.3 is 15.6 Å². The lowest BCUT2D eigenvalue weighted by atomic mass is 10.0. The van der Waals surface area contributed by atoms with Crippen molar-refractivity contribution < 1.29 is 9.84 Å². The first-order chi connectivity index (χ1) is 11.6. The monoisotopic (exact) mass is 316 g/mol. The summed E-state index contributed by atoms with van der Waals surface area (Å²) in [6.45, 7) is 1.92. The first-order valence-corrected chi connectivity index (χ1v) is 7.66. The number of aromatic hydroxyl groups is 1. The lowest BCUT2D eigenvalue weighted by molar-refractivity contribution is 0.466. The molecule has 0 aliphatic rings. The van der Waals surface area contributed by atoms with Crippen LogP contribution in [0, 0.1) is 6.92 Å². The zero-order chi connectivity index (χ0) is 16.7. The second-order valence-corrected chi connectivity index (χ2v) is 5.80. The van der Waals surface area contributed by atoms with Gasteiger partial charge in [0.15, 0.2) is 0 Å². The number of ether oxygens (including phenoxy) is 1. The summed E-state index contributed by atoms with van der Waals surface area (Å²) in [5.74, 6) is 1.37. The Morgan fingerprint density at radius 2 is 1.62 bits per heavy atom. The van der Waals surface area contributed by atoms with E-state index in [4.69, 9.17) is 10.5 Å². The predicted molar refractivity (Wildman–Crippen MR) is 96.6 cm³/mol. The Bertz CT molecular complexity index is 1070. The maximum absolute atomic E-state index is 9.62. The molecule has 0 aliphatic heterocycles. The summed E-state index contributed by atoms with van der Waals surface area (Å²) in [5.41, 5.74) is 7.50. The van der Waals surface area contributed by atoms with Gasteiger partial charge in [0.1, 0.15) is 11.5 Å². The molecule has 1 aromatic heterocycles. The number of aryl methyl sites for hydroxylation is 1. The first-order valence-electron chi connectivity index (χ1n) is 7.66. The topological polar surface area (TPSA) is 68.4 Å². The van der Waals surface area contributed by atoms with Crippen molar-refractivity contribution in [2.24, 2.45) is 0 Å². The van der Waals surface area contributed by atoms with E-state index in [1.54, 1.807) is 18.3 Å². The summed E-state index contributed by atoms with van der Waals surface area (Å²) in [6, 6.07) is 17.1. The van der Waals surface area contributed by atoms with Crippen LogP contribution in [0.25, 0.3) is 21.5 Å². The fraction of sp³-hybridized carbons (Fsp3) is 0.0500. The molecule has 4 heteroatoms. The van der Waals surface area contributed by atoms with Crippen LogP contribution in [-0.4, -0.2) is 10.1 Å². The largest absolute Gasteiger partial charge is 0.508 e. The molecule has 0 spiro atoms. The van der Waals surface area contributed by atoms with Crippen LogP contribution in [0.1, 0.15) is 5.56 Å². The fourth-order valence-corrected chi connectivity index (χ4v) is 2.84. The fourth-order valence-electron chi connectivity index (χ4n) is 2.84. The van der Waals surface area contributed by atoms with Crippen molar-refractivity contribution in [3.05, 3.63) is 66.4 Å². The number of benzene rings is 3. The average Bonchev–Trinajstić information content (AvgIpc) is 2.58. The molecule has 0 saturated heterocycles. The molecular weight excluding hydrogens is 300 g/mol. The number of hydrogen-bond acceptors (Lipinski definition) is 4. The van der Waals surface area contributed by atoms with Gasteiger partial charge in [-0.3, -0.25) is 0 Å². The van der Waals surface area contributed by atoms with Crippen molar-refractivity contribution in [3.63, 3.8) is 0 Å². The molecule has 4 rings (SSSR count). The second-order valence-electron chi connectivity index (χ2n) is 5.80. The van der Waals surface area contributed by atoms with Crippen LogP contribution in [0.3, 0.4) is 0 Å². The van der Waals surface area contributed by atoms with Crippen LogP contribution < -0.4 is 10.5 Å². The minimum atomic E-state index is 0.266. The predicted octanol–water partition coefficient (Wildman–Crippen LogP) is 4.78. The number of fused-ring (bicyclic) bond motifs is 3. The van der Waals surface area contributed by atoms with Gasteiger partial charge in [0.25, 0.3) is 0 Å². The Hall–Kier alpha value is -3.27. The lowest BCUT2D eigenvalue weighted by Gasteiger charge is -2.10. The zero-order valence-corrected chi connectivity index (χ0v) is 13.2. The van der Waals surface area contributed by atoms with Crippen LogP contribution in [0.2, 0.25) is 0 Å². The molecule has 0 saturated carbocycles. The number of aromatic nitrogens is 1. The minimum absolute atomic E-state index is 0.266. The van der Waals surface area contributed by atoms with Gasteiger partial charge in [-0.1, -0.05) is 24.3 Å². The van der Waals surface area contributed by atoms with Gasteiger partial charge in [-0.2, -0.15) is 0 Å². The number of pyridine rings is 1. The van der Waals surface area contributed by atoms with E-state index in [1.807, 2.05) is 49.4 Å². The lowest BCUT2D eigenvalue weighted by Crippen LogP contribution is -1.97. The number of nitrogens with two attached hydrogens (primary N) is 1. The number of phenols is 1. The molecule has 4 aromatic rings. The SMILES string of the molecule is Cc1ccnc(Oc2ccc3c(ccc4cc(O)ccc43)c2)c1N. The maximum atomic E-state index is 9.62. The summed E-state index contributed by atoms with van der Waals surface area (Å²) in [6.07, 6.45) is 1.68. The van der Waals surface area contributed by atoms with Crippen molar-refractivity contribution >= 4 is 27.2 Å². The van der Waals surface area contributed by atoms with Crippen LogP contribution in [0.15, 0.2) is 60.8 Å². The number of rotatable bonds is 2. The van der Waals surface area contributed by atoms with E-state index >= 15 is 0 Å². The van der Waals surface area contributed by atoms with E-state index < -0.39 is 0 Å². The highest BCUT2D eigenvalue weighted by molar-refractivity contribution is 6.08. The van der Waals surface area contributed by atoms with Crippen molar-refractivity contribution in [1.82, 2.24) is 4.98 Å². The van der Waals surface area contributed by atoms with Crippen molar-refractivity contribution in [3.8, 4) is 17.4 Å². The summed E-state index contributed by atoms with van der Waals surface area (Å²) >= 11 is 0. The van der Waals surface area contributed by atoms with Gasteiger partial charge in [0, 0.05) is 6.20 Å². The standard InChI is InChI=1S/C20H16N2O2/c1-12-8-9-22-20(19(12)21)24-16-5-7-18-14(11-16)3-2-13-10-15(23)4-6-17(13)18/h2-11,23H,21H2,1H3. The summed E-state index contributed by atoms with van der Waals surface area (Å²) in [7, 11) is 0. The Morgan fingerprint density at radius 3 is 2.42 bits per heavy atom. The molecule has 0 atom stereocenters. The van der Waals surface area contributed by atoms with Crippen LogP contribution in [0.4, 0.5) is 5.69 Å². The van der Waals surface area contributed by atoms with E-state index in [0.29, 0.717) is 17.3 Å². The van der Waals surface area contributed by atoms with E-state index in [2.05, 4.69) is 4.98 Å². The highest BCUT2D eigenvalue weighted by Gasteiger charge is 2.08. The third kappa shape index (κ3) is 2.38. The van der Waals surface area contributed by atoms with Gasteiger partial charge in [0.2, 0.25) is 5.88 Å². The highest BCUT2D eigenvalue weighted by Crippen LogP contribution is 2.33. The van der Waals surface area contributed by atoms with E-state index in [1.165, 1.54) is 0 Å². The quantitative estimate of drug-likeness (QED) is 0.522. The Kier molecular flexibility index (Phi) is 3.24. The van der Waals surface area contributed by atoms with Crippen LogP contribution in [-0.2, 0) is 0 Å². The molecule has 0 bridgehead atoms. The minimum Gasteiger partial charge on any atom is -0.508 e. The Balaban J connectivity index is 1.80. The van der Waals surface area contributed by atoms with Gasteiger partial charge >= 0.3 is 0 Å². The molecule has 3 aromatic carbocycles. The summed E-state index contributed by atoms with van der Waals surface area (Å²) in [5, 5.41) is 13.9. The second kappa shape index (κ2) is 5.42. The average molecular weight is 316 g/mol. The van der Waals surface area contributed by atoms with Crippen molar-refractivity contribution in [2.45, 2.75) is 6.92 Å². The van der Waals surface area contributed by atoms with Crippen LogP contribution in [0.5, 0.6) is 17.4 Å². The van der Waals surface area contributed by atoms with Crippen molar-refractivity contribution in [2.75, 3.05) is 5.73 Å². The molecule has 24 heavy (non-hydrogen) atoms. The highest BCUT2D eigenvalue weighted by atomic mass is 16.5. The Labute approximate surface area is 139 Å². The van der Waals surface area contributed by atoms with E-state index in [0.717, 1.165) is 27.1 Å². The molecule has 0 aliphatic carbocycles. The molecule has 118 valence electrons. The smallest absolute Gasteiger partial charge is 0.242 e. The molecule has 0 unspecified atom stereocenters. The number of nitrogens with zero attached hydrogens (tertiary/aromatic N) is 1. The first kappa shape index (κ1) is 14.3. The number of nitrogen functional groups attached to an aromatic ring is 1. The number of anilines is 1. The van der Waals surface area contributed by atoms with E-state index in [-0.39, 0.29) is 5.75 Å². The molecule has 0 amide bonds. The maximum Gasteiger partial charge on any atom is 0.242 e. The summed E-state index contributed by atoms with van der Waals surface area (Å²) in [4.78, 5) is 4.20. The van der Waals surface area contributed by atoms with Crippen molar-refractivity contribution in [1.29, 1.82) is 0 Å². The van der Waals surface area contributed by atoms with Crippen LogP contribution >= 0.6 is 0 Å². The third-order valence-corrected chi connectivity index (χ3v) is 4.18. The molecule has 0 fully saturated rings. The normalized spacial score (nSPS) is 11.0. The molecule has 4 nitrogen and oxygen atoms in total. The molecule has 3 N–H and O–H groups in total. The van der Waals surface area contributed by atoms with Gasteiger partial charge in [-0.05, 0) is 64.4 Å². The Morgan fingerprint density at radius 1 is 0.917 bits per heavy atom. The summed E-state index contributed by atoms with van der Waals surface area (Å²) < 4.78 is 5.85. The third-order valence-electron chi connectivity index (χ3n) is 4.18. The van der Waals surface area contributed by atoms with Gasteiger partial charge in [0.05, 0.1) is 5.69 Å². The zero-order valence-electron chi connectivity index (χ0n) is 13.2. The van der Waals surface area contributed by atoms with Gasteiger partial charge in [-0.25, -0.2) is 4.98 Å². The molecular formula is C20H16N2O2. The van der Waals surface area contributed by atoms with E-state index in [9.17, 15) is 5.11 Å². The van der Waals surface area contributed by atoms with Gasteiger partial charge in [-0.15, -0.1) is 0 Å².